The van der Waals surface area contributed by atoms with Crippen molar-refractivity contribution in [3.63, 3.8) is 0 Å². The number of hydrogen-bond donors (Lipinski definition) is 1. The van der Waals surface area contributed by atoms with E-state index < -0.39 is 5.92 Å². The molecule has 2 aromatic rings. The number of aliphatic hydroxyl groups is 1. The van der Waals surface area contributed by atoms with Gasteiger partial charge >= 0.3 is 5.97 Å². The van der Waals surface area contributed by atoms with Crippen LogP contribution in [0.5, 0.6) is 5.75 Å². The van der Waals surface area contributed by atoms with E-state index in [2.05, 4.69) is 40.9 Å². The van der Waals surface area contributed by atoms with Gasteiger partial charge in [-0.05, 0) is 50.8 Å². The van der Waals surface area contributed by atoms with Crippen LogP contribution in [0, 0.1) is 0 Å². The molecule has 0 spiro atoms. The number of carbonyl (C=O) groups is 1. The molecule has 186 valence electrons. The first kappa shape index (κ1) is 26.7. The Hall–Kier alpha value is -1.89. The lowest BCUT2D eigenvalue weighted by molar-refractivity contribution is -0.155. The summed E-state index contributed by atoms with van der Waals surface area (Å²) in [6.45, 7) is 2.78. The Morgan fingerprint density at radius 3 is 2.35 bits per heavy atom. The van der Waals surface area contributed by atoms with Crippen LogP contribution >= 0.6 is 15.9 Å². The number of carbonyl (C=O) groups excluding carboxylic acids is 1. The summed E-state index contributed by atoms with van der Waals surface area (Å²) in [6, 6.07) is 18.6. The molecule has 0 aliphatic carbocycles. The van der Waals surface area contributed by atoms with Gasteiger partial charge in [-0.1, -0.05) is 77.8 Å². The van der Waals surface area contributed by atoms with E-state index in [0.717, 1.165) is 42.5 Å². The van der Waals surface area contributed by atoms with Crippen LogP contribution in [0.1, 0.15) is 62.5 Å². The lowest BCUT2D eigenvalue weighted by Gasteiger charge is -2.36. The number of para-hydroxylation sites is 1. The van der Waals surface area contributed by atoms with E-state index in [-0.39, 0.29) is 18.7 Å². The first-order valence-corrected chi connectivity index (χ1v) is 13.5. The summed E-state index contributed by atoms with van der Waals surface area (Å²) < 4.78 is 11.3. The average molecular weight is 533 g/mol. The molecule has 0 saturated carbocycles. The van der Waals surface area contributed by atoms with Crippen LogP contribution < -0.4 is 4.74 Å². The molecule has 0 amide bonds. The van der Waals surface area contributed by atoms with E-state index in [9.17, 15) is 9.90 Å². The van der Waals surface area contributed by atoms with Crippen molar-refractivity contribution in [3.8, 4) is 5.75 Å². The third kappa shape index (κ3) is 7.30. The van der Waals surface area contributed by atoms with Crippen LogP contribution in [0.2, 0.25) is 0 Å². The standard InChI is InChI=1S/C17H23NO3.C11H15BrO/c1-18-13-7-8-14(18)10-15(9-13)21-17(20)16(11-19)12-5-3-2-4-6-12;1-2-3-8-13-11-7-5-4-6-10(11)9-12/h2-6,13-16,19H,7-11H2,1H3;4-7H,2-3,8-9H2,1H3/t13-,14+,15?,16-;/m1./s1. The van der Waals surface area contributed by atoms with E-state index in [4.69, 9.17) is 9.47 Å². The number of unbranched alkanes of at least 4 members (excludes halogenated alkanes) is 1. The molecule has 0 radical (unpaired) electrons. The molecule has 2 saturated heterocycles. The molecule has 2 aromatic carbocycles. The number of esters is 1. The second-order valence-electron chi connectivity index (χ2n) is 9.17. The average Bonchev–Trinajstić information content (AvgIpc) is 3.06. The Kier molecular flexibility index (Phi) is 10.9. The van der Waals surface area contributed by atoms with E-state index in [0.29, 0.717) is 12.1 Å². The quantitative estimate of drug-likeness (QED) is 0.256. The van der Waals surface area contributed by atoms with Crippen LogP contribution in [0.25, 0.3) is 0 Å². The number of piperidine rings is 1. The molecular weight excluding hydrogens is 494 g/mol. The van der Waals surface area contributed by atoms with Crippen LogP contribution in [0.3, 0.4) is 0 Å². The Morgan fingerprint density at radius 1 is 1.09 bits per heavy atom. The van der Waals surface area contributed by atoms with Crippen molar-refractivity contribution in [1.82, 2.24) is 4.90 Å². The predicted molar refractivity (Wildman–Crippen MR) is 139 cm³/mol. The molecule has 2 bridgehead atoms. The second kappa shape index (κ2) is 13.9. The summed E-state index contributed by atoms with van der Waals surface area (Å²) in [5.41, 5.74) is 2.04. The number of benzene rings is 2. The number of hydrogen-bond acceptors (Lipinski definition) is 5. The highest BCUT2D eigenvalue weighted by Gasteiger charge is 2.40. The predicted octanol–water partition coefficient (Wildman–Crippen LogP) is 5.69. The van der Waals surface area contributed by atoms with Crippen molar-refractivity contribution in [1.29, 1.82) is 0 Å². The summed E-state index contributed by atoms with van der Waals surface area (Å²) in [5.74, 6) is 0.147. The minimum absolute atomic E-state index is 0.00367. The number of fused-ring (bicyclic) bond motifs is 2. The molecule has 4 atom stereocenters. The molecule has 5 nitrogen and oxygen atoms in total. The van der Waals surface area contributed by atoms with E-state index in [1.807, 2.05) is 48.5 Å². The van der Waals surface area contributed by atoms with Crippen molar-refractivity contribution >= 4 is 21.9 Å². The molecule has 4 rings (SSSR count). The fraction of sp³-hybridized carbons (Fsp3) is 0.536. The highest BCUT2D eigenvalue weighted by atomic mass is 79.9. The molecule has 0 aromatic heterocycles. The van der Waals surface area contributed by atoms with Gasteiger partial charge < -0.3 is 19.5 Å². The maximum Gasteiger partial charge on any atom is 0.316 e. The Morgan fingerprint density at radius 2 is 1.74 bits per heavy atom. The first-order chi connectivity index (χ1) is 16.6. The lowest BCUT2D eigenvalue weighted by atomic mass is 9.98. The van der Waals surface area contributed by atoms with E-state index in [1.165, 1.54) is 24.8 Å². The van der Waals surface area contributed by atoms with Crippen LogP contribution in [-0.4, -0.2) is 54.4 Å². The summed E-state index contributed by atoms with van der Waals surface area (Å²) in [7, 11) is 2.17. The van der Waals surface area contributed by atoms with Gasteiger partial charge in [-0.3, -0.25) is 4.79 Å². The van der Waals surface area contributed by atoms with E-state index in [1.54, 1.807) is 0 Å². The molecule has 2 aliphatic heterocycles. The van der Waals surface area contributed by atoms with Gasteiger partial charge in [0.05, 0.1) is 13.2 Å². The van der Waals surface area contributed by atoms with Gasteiger partial charge in [-0.25, -0.2) is 0 Å². The van der Waals surface area contributed by atoms with Gasteiger partial charge in [0.25, 0.3) is 0 Å². The van der Waals surface area contributed by atoms with Crippen LogP contribution in [0.15, 0.2) is 54.6 Å². The molecular formula is C28H38BrNO4. The van der Waals surface area contributed by atoms with Gasteiger partial charge in [-0.15, -0.1) is 0 Å². The number of alkyl halides is 1. The third-order valence-corrected chi connectivity index (χ3v) is 7.48. The number of rotatable bonds is 9. The van der Waals surface area contributed by atoms with Crippen molar-refractivity contribution in [2.45, 2.75) is 74.9 Å². The summed E-state index contributed by atoms with van der Waals surface area (Å²) in [6.07, 6.45) is 6.56. The minimum Gasteiger partial charge on any atom is -0.493 e. The molecule has 2 fully saturated rings. The summed E-state index contributed by atoms with van der Waals surface area (Å²) >= 11 is 3.44. The Labute approximate surface area is 212 Å². The number of ether oxygens (including phenoxy) is 2. The number of aliphatic hydroxyl groups excluding tert-OH is 1. The first-order valence-electron chi connectivity index (χ1n) is 12.4. The normalized spacial score (nSPS) is 22.4. The van der Waals surface area contributed by atoms with Crippen molar-refractivity contribution < 1.29 is 19.4 Å². The fourth-order valence-corrected chi connectivity index (χ4v) is 5.25. The zero-order valence-corrected chi connectivity index (χ0v) is 22.0. The second-order valence-corrected chi connectivity index (χ2v) is 9.73. The number of halogens is 1. The largest absolute Gasteiger partial charge is 0.493 e. The van der Waals surface area contributed by atoms with Crippen molar-refractivity contribution in [2.75, 3.05) is 20.3 Å². The van der Waals surface area contributed by atoms with Gasteiger partial charge in [0.2, 0.25) is 0 Å². The molecule has 2 aliphatic rings. The lowest BCUT2D eigenvalue weighted by Crippen LogP contribution is -2.43. The highest BCUT2D eigenvalue weighted by Crippen LogP contribution is 2.36. The highest BCUT2D eigenvalue weighted by molar-refractivity contribution is 9.08. The Balaban J connectivity index is 0.000000215. The molecule has 1 unspecified atom stereocenters. The van der Waals surface area contributed by atoms with Gasteiger partial charge in [0.15, 0.2) is 0 Å². The van der Waals surface area contributed by atoms with E-state index >= 15 is 0 Å². The number of nitrogens with zero attached hydrogens (tertiary/aromatic N) is 1. The van der Waals surface area contributed by atoms with Gasteiger partial charge in [-0.2, -0.15) is 0 Å². The smallest absolute Gasteiger partial charge is 0.316 e. The topological polar surface area (TPSA) is 59.0 Å². The molecule has 1 N–H and O–H groups in total. The zero-order valence-electron chi connectivity index (χ0n) is 20.4. The Bertz CT molecular complexity index is 864. The van der Waals surface area contributed by atoms with Gasteiger partial charge in [0, 0.05) is 23.0 Å². The molecule has 6 heteroatoms. The van der Waals surface area contributed by atoms with Crippen LogP contribution in [-0.2, 0) is 14.9 Å². The molecule has 2 heterocycles. The third-order valence-electron chi connectivity index (χ3n) is 6.88. The SMILES string of the molecule is CCCCOc1ccccc1CBr.CN1[C@@H]2CC[C@H]1CC(OC(=O)[C@H](CO)c1ccccc1)C2. The maximum atomic E-state index is 12.4. The monoisotopic (exact) mass is 531 g/mol. The summed E-state index contributed by atoms with van der Waals surface area (Å²) in [5, 5.41) is 10.4. The fourth-order valence-electron chi connectivity index (χ4n) is 4.79. The summed E-state index contributed by atoms with van der Waals surface area (Å²) in [4.78, 5) is 14.8. The van der Waals surface area contributed by atoms with Crippen molar-refractivity contribution in [3.05, 3.63) is 65.7 Å². The van der Waals surface area contributed by atoms with Gasteiger partial charge in [0.1, 0.15) is 17.8 Å². The van der Waals surface area contributed by atoms with Crippen LogP contribution in [0.4, 0.5) is 0 Å². The zero-order chi connectivity index (χ0) is 24.3. The maximum absolute atomic E-state index is 12.4. The van der Waals surface area contributed by atoms with Crippen molar-refractivity contribution in [2.24, 2.45) is 0 Å². The molecule has 34 heavy (non-hydrogen) atoms. The minimum atomic E-state index is -0.566.